The number of carbonyl (C=O) groups is 1. The number of rotatable bonds is 5. The number of hydrogen-bond acceptors (Lipinski definition) is 2. The van der Waals surface area contributed by atoms with Gasteiger partial charge in [0.15, 0.2) is 0 Å². The maximum Gasteiger partial charge on any atom is 0.224 e. The van der Waals surface area contributed by atoms with Crippen LogP contribution in [0, 0.1) is 17.8 Å². The molecule has 0 atom stereocenters. The van der Waals surface area contributed by atoms with Crippen molar-refractivity contribution >= 4 is 16.8 Å². The number of hydrogen-bond donors (Lipinski definition) is 3. The Bertz CT molecular complexity index is 697. The van der Waals surface area contributed by atoms with Crippen LogP contribution < -0.4 is 5.32 Å². The van der Waals surface area contributed by atoms with E-state index < -0.39 is 0 Å². The average molecular weight is 328 g/mol. The van der Waals surface area contributed by atoms with Gasteiger partial charge < -0.3 is 15.4 Å². The van der Waals surface area contributed by atoms with Crippen LogP contribution in [0.15, 0.2) is 24.4 Å². The molecule has 130 valence electrons. The summed E-state index contributed by atoms with van der Waals surface area (Å²) in [5.74, 6) is 2.54. The van der Waals surface area contributed by atoms with Crippen LogP contribution in [0.2, 0.25) is 0 Å². The van der Waals surface area contributed by atoms with Gasteiger partial charge >= 0.3 is 0 Å². The molecule has 0 saturated heterocycles. The number of nitrogens with one attached hydrogen (secondary N) is 2. The van der Waals surface area contributed by atoms with Crippen LogP contribution in [0.4, 0.5) is 0 Å². The summed E-state index contributed by atoms with van der Waals surface area (Å²) in [5.41, 5.74) is 1.88. The summed E-state index contributed by atoms with van der Waals surface area (Å²) in [6.45, 7) is 5.41. The van der Waals surface area contributed by atoms with E-state index in [1.165, 1.54) is 25.7 Å². The lowest BCUT2D eigenvalue weighted by atomic mass is 9.77. The number of aromatic amines is 1. The van der Waals surface area contributed by atoms with E-state index in [0.717, 1.165) is 34.8 Å². The van der Waals surface area contributed by atoms with E-state index in [0.29, 0.717) is 12.3 Å². The van der Waals surface area contributed by atoms with Crippen molar-refractivity contribution in [1.82, 2.24) is 10.3 Å². The quantitative estimate of drug-likeness (QED) is 0.777. The number of aromatic hydroxyl groups is 1. The number of amides is 1. The molecule has 1 aromatic heterocycles. The van der Waals surface area contributed by atoms with Gasteiger partial charge in [0.05, 0.1) is 6.42 Å². The molecule has 1 saturated carbocycles. The Morgan fingerprint density at radius 1 is 1.29 bits per heavy atom. The van der Waals surface area contributed by atoms with Gasteiger partial charge in [-0.25, -0.2) is 0 Å². The summed E-state index contributed by atoms with van der Waals surface area (Å²) >= 11 is 0. The SMILES string of the molecule is CC(C)C1CCC(CNC(=O)Cc2c[nH]c3ccc(O)cc23)CC1. The first-order valence-corrected chi connectivity index (χ1v) is 9.08. The predicted molar refractivity (Wildman–Crippen MR) is 97.0 cm³/mol. The minimum Gasteiger partial charge on any atom is -0.508 e. The van der Waals surface area contributed by atoms with Crippen molar-refractivity contribution in [2.45, 2.75) is 46.0 Å². The van der Waals surface area contributed by atoms with Crippen LogP contribution >= 0.6 is 0 Å². The van der Waals surface area contributed by atoms with Crippen LogP contribution in [-0.2, 0) is 11.2 Å². The Morgan fingerprint density at radius 2 is 2.04 bits per heavy atom. The highest BCUT2D eigenvalue weighted by molar-refractivity contribution is 5.89. The van der Waals surface area contributed by atoms with E-state index in [1.54, 1.807) is 12.1 Å². The third-order valence-electron chi connectivity index (χ3n) is 5.52. The molecule has 4 heteroatoms. The summed E-state index contributed by atoms with van der Waals surface area (Å²) in [4.78, 5) is 15.4. The van der Waals surface area contributed by atoms with E-state index in [9.17, 15) is 9.90 Å². The molecule has 1 fully saturated rings. The monoisotopic (exact) mass is 328 g/mol. The van der Waals surface area contributed by atoms with Crippen molar-refractivity contribution < 1.29 is 9.90 Å². The van der Waals surface area contributed by atoms with Gasteiger partial charge in [-0.15, -0.1) is 0 Å². The number of phenols is 1. The molecule has 4 nitrogen and oxygen atoms in total. The summed E-state index contributed by atoms with van der Waals surface area (Å²) in [6, 6.07) is 5.19. The molecule has 0 radical (unpaired) electrons. The molecule has 24 heavy (non-hydrogen) atoms. The standard InChI is InChI=1S/C20H28N2O2/c1-13(2)15-5-3-14(4-6-15)11-22-20(24)9-16-12-21-19-8-7-17(23)10-18(16)19/h7-8,10,12-15,21,23H,3-6,9,11H2,1-2H3,(H,22,24). The topological polar surface area (TPSA) is 65.1 Å². The van der Waals surface area contributed by atoms with Crippen LogP contribution in [0.3, 0.4) is 0 Å². The van der Waals surface area contributed by atoms with Crippen molar-refractivity contribution in [3.63, 3.8) is 0 Å². The van der Waals surface area contributed by atoms with Crippen LogP contribution in [0.25, 0.3) is 10.9 Å². The summed E-state index contributed by atoms with van der Waals surface area (Å²) in [7, 11) is 0. The van der Waals surface area contributed by atoms with Crippen molar-refractivity contribution in [2.24, 2.45) is 17.8 Å². The van der Waals surface area contributed by atoms with E-state index in [2.05, 4.69) is 24.1 Å². The van der Waals surface area contributed by atoms with E-state index in [4.69, 9.17) is 0 Å². The molecule has 0 aliphatic heterocycles. The highest BCUT2D eigenvalue weighted by Crippen LogP contribution is 2.32. The fourth-order valence-electron chi connectivity index (χ4n) is 3.87. The Labute approximate surface area is 143 Å². The van der Waals surface area contributed by atoms with Gasteiger partial charge in [0, 0.05) is 23.6 Å². The Balaban J connectivity index is 1.50. The summed E-state index contributed by atoms with van der Waals surface area (Å²) in [5, 5.41) is 13.6. The van der Waals surface area contributed by atoms with Gasteiger partial charge in [-0.3, -0.25) is 4.79 Å². The molecule has 0 bridgehead atoms. The summed E-state index contributed by atoms with van der Waals surface area (Å²) in [6.07, 6.45) is 7.25. The van der Waals surface area contributed by atoms with Gasteiger partial charge in [-0.05, 0) is 67.2 Å². The second-order valence-electron chi connectivity index (χ2n) is 7.55. The van der Waals surface area contributed by atoms with Gasteiger partial charge in [0.2, 0.25) is 5.91 Å². The smallest absolute Gasteiger partial charge is 0.224 e. The molecule has 1 amide bonds. The molecular formula is C20H28N2O2. The van der Waals surface area contributed by atoms with Crippen molar-refractivity contribution in [2.75, 3.05) is 6.54 Å². The minimum absolute atomic E-state index is 0.0604. The van der Waals surface area contributed by atoms with Crippen molar-refractivity contribution in [1.29, 1.82) is 0 Å². The van der Waals surface area contributed by atoms with E-state index in [1.807, 2.05) is 12.3 Å². The lowest BCUT2D eigenvalue weighted by Crippen LogP contribution is -2.32. The fraction of sp³-hybridized carbons (Fsp3) is 0.550. The number of aromatic nitrogens is 1. The molecule has 1 aliphatic carbocycles. The Morgan fingerprint density at radius 3 is 2.75 bits per heavy atom. The zero-order valence-electron chi connectivity index (χ0n) is 14.6. The summed E-state index contributed by atoms with van der Waals surface area (Å²) < 4.78 is 0. The van der Waals surface area contributed by atoms with Gasteiger partial charge in [0.1, 0.15) is 5.75 Å². The van der Waals surface area contributed by atoms with E-state index >= 15 is 0 Å². The third kappa shape index (κ3) is 3.92. The highest BCUT2D eigenvalue weighted by atomic mass is 16.3. The maximum atomic E-state index is 12.3. The second kappa shape index (κ2) is 7.29. The van der Waals surface area contributed by atoms with Gasteiger partial charge in [0.25, 0.3) is 0 Å². The van der Waals surface area contributed by atoms with Crippen LogP contribution in [-0.4, -0.2) is 22.5 Å². The average Bonchev–Trinajstić information content (AvgIpc) is 2.95. The zero-order chi connectivity index (χ0) is 17.1. The molecule has 3 rings (SSSR count). The number of fused-ring (bicyclic) bond motifs is 1. The largest absolute Gasteiger partial charge is 0.508 e. The van der Waals surface area contributed by atoms with Crippen LogP contribution in [0.1, 0.15) is 45.1 Å². The molecule has 1 aromatic carbocycles. The van der Waals surface area contributed by atoms with Gasteiger partial charge in [-0.1, -0.05) is 13.8 Å². The maximum absolute atomic E-state index is 12.3. The fourth-order valence-corrected chi connectivity index (χ4v) is 3.87. The Hall–Kier alpha value is -1.97. The third-order valence-corrected chi connectivity index (χ3v) is 5.52. The predicted octanol–water partition coefficient (Wildman–Crippen LogP) is 3.99. The molecule has 3 N–H and O–H groups in total. The Kier molecular flexibility index (Phi) is 5.12. The zero-order valence-corrected chi connectivity index (χ0v) is 14.6. The molecule has 1 aliphatic rings. The minimum atomic E-state index is 0.0604. The second-order valence-corrected chi connectivity index (χ2v) is 7.55. The van der Waals surface area contributed by atoms with Gasteiger partial charge in [-0.2, -0.15) is 0 Å². The molecular weight excluding hydrogens is 300 g/mol. The number of benzene rings is 1. The van der Waals surface area contributed by atoms with E-state index in [-0.39, 0.29) is 11.7 Å². The number of H-pyrrole nitrogens is 1. The van der Waals surface area contributed by atoms with Crippen molar-refractivity contribution in [3.05, 3.63) is 30.0 Å². The molecule has 1 heterocycles. The molecule has 0 spiro atoms. The highest BCUT2D eigenvalue weighted by Gasteiger charge is 2.23. The molecule has 0 unspecified atom stereocenters. The lowest BCUT2D eigenvalue weighted by Gasteiger charge is -2.30. The number of phenolic OH excluding ortho intramolecular Hbond substituents is 1. The number of carbonyl (C=O) groups excluding carboxylic acids is 1. The first-order valence-electron chi connectivity index (χ1n) is 9.08. The van der Waals surface area contributed by atoms with Crippen LogP contribution in [0.5, 0.6) is 5.75 Å². The normalized spacial score (nSPS) is 21.3. The molecule has 2 aromatic rings. The van der Waals surface area contributed by atoms with Crippen molar-refractivity contribution in [3.8, 4) is 5.75 Å². The first-order chi connectivity index (χ1) is 11.5. The first kappa shape index (κ1) is 16.9. The lowest BCUT2D eigenvalue weighted by molar-refractivity contribution is -0.120.